The smallest absolute Gasteiger partial charge is 1.00 e. The number of halogens is 3. The van der Waals surface area contributed by atoms with E-state index in [0.717, 1.165) is 6.42 Å². The molecule has 0 saturated carbocycles. The fourth-order valence-electron chi connectivity index (χ4n) is 4.99. The molecule has 0 aromatic heterocycles. The topological polar surface area (TPSA) is 0 Å². The Bertz CT molecular complexity index is 1040. The predicted octanol–water partition coefficient (Wildman–Crippen LogP) is -3.65. The number of hydrogen-bond acceptors (Lipinski definition) is 0. The van der Waals surface area contributed by atoms with Crippen molar-refractivity contribution in [2.45, 2.75) is 41.0 Å². The van der Waals surface area contributed by atoms with Crippen molar-refractivity contribution in [2.75, 3.05) is 0 Å². The zero-order valence-electron chi connectivity index (χ0n) is 20.4. The second kappa shape index (κ2) is 13.9. The Morgan fingerprint density at radius 1 is 0.676 bits per heavy atom. The van der Waals surface area contributed by atoms with Gasteiger partial charge >= 0.3 is 21.7 Å². The Kier molecular flexibility index (Phi) is 13.4. The molecule has 0 spiro atoms. The molecule has 0 atom stereocenters. The maximum absolute atomic E-state index is 3.65. The van der Waals surface area contributed by atoms with E-state index in [-0.39, 0.29) is 58.9 Å². The van der Waals surface area contributed by atoms with Gasteiger partial charge in [0.15, 0.2) is 0 Å². The Morgan fingerprint density at radius 2 is 1.06 bits per heavy atom. The van der Waals surface area contributed by atoms with Crippen molar-refractivity contribution < 1.29 is 58.9 Å². The van der Waals surface area contributed by atoms with Crippen molar-refractivity contribution in [3.63, 3.8) is 0 Å². The molecule has 0 nitrogen and oxygen atoms in total. The van der Waals surface area contributed by atoms with Crippen LogP contribution >= 0.6 is 0 Å². The summed E-state index contributed by atoms with van der Waals surface area (Å²) in [5, 5.41) is 6.02. The van der Waals surface area contributed by atoms with Crippen LogP contribution in [0.25, 0.3) is 0 Å². The normalized spacial score (nSPS) is 12.4. The summed E-state index contributed by atoms with van der Waals surface area (Å²) in [6.07, 6.45) is 6.91. The number of rotatable bonds is 5. The standard InChI is InChI=1S/C29H31Si.3ClH.Ti/c1-21(2)28-16-9-17-29(28)30(25-13-6-10-22(3)18-25,26-14-7-11-23(4)19-26)27-15-8-12-24(5)20-27;;;;/h6-15,18-21H,17H2,1-5H3;3*1H;/q-1;;;;+4/p-3. The van der Waals surface area contributed by atoms with Gasteiger partial charge in [0.05, 0.1) is 8.07 Å². The molecule has 3 aromatic carbocycles. The SMILES string of the molecule is Cc1cccc([Si](C2=C(C(C)C)[C-]=CC2)(c2cccc(C)c2)c2cccc(C)c2)c1.[Cl-].[Cl-].[Cl-].[Ti+4]. The molecule has 3 aromatic rings. The van der Waals surface area contributed by atoms with Crippen LogP contribution in [0.5, 0.6) is 0 Å². The molecule has 0 aliphatic heterocycles. The molecular formula is C29H31Cl3SiTi. The van der Waals surface area contributed by atoms with Crippen LogP contribution in [0, 0.1) is 32.8 Å². The van der Waals surface area contributed by atoms with Crippen molar-refractivity contribution in [3.05, 3.63) is 112 Å². The number of hydrogen-bond donors (Lipinski definition) is 0. The minimum Gasteiger partial charge on any atom is -1.00 e. The van der Waals surface area contributed by atoms with Crippen molar-refractivity contribution in [2.24, 2.45) is 5.92 Å². The van der Waals surface area contributed by atoms with Crippen LogP contribution in [0.2, 0.25) is 0 Å². The molecule has 0 saturated heterocycles. The Morgan fingerprint density at radius 3 is 1.38 bits per heavy atom. The van der Waals surface area contributed by atoms with Crippen LogP contribution in [-0.4, -0.2) is 8.07 Å². The van der Waals surface area contributed by atoms with Gasteiger partial charge in [-0.05, 0) is 20.8 Å². The third-order valence-electron chi connectivity index (χ3n) is 6.27. The first-order chi connectivity index (χ1) is 14.4. The van der Waals surface area contributed by atoms with E-state index in [1.54, 1.807) is 5.20 Å². The van der Waals surface area contributed by atoms with E-state index in [1.165, 1.54) is 37.8 Å². The van der Waals surface area contributed by atoms with Crippen LogP contribution in [0.15, 0.2) is 89.6 Å². The van der Waals surface area contributed by atoms with E-state index < -0.39 is 8.07 Å². The maximum Gasteiger partial charge on any atom is 4.00 e. The second-order valence-corrected chi connectivity index (χ2v) is 12.8. The van der Waals surface area contributed by atoms with E-state index in [2.05, 4.69) is 120 Å². The van der Waals surface area contributed by atoms with Crippen LogP contribution in [0.4, 0.5) is 0 Å². The first-order valence-corrected chi connectivity index (χ1v) is 13.0. The molecule has 176 valence electrons. The van der Waals surface area contributed by atoms with Gasteiger partial charge in [-0.1, -0.05) is 131 Å². The van der Waals surface area contributed by atoms with Gasteiger partial charge in [-0.25, -0.2) is 10.8 Å². The van der Waals surface area contributed by atoms with Crippen molar-refractivity contribution >= 4 is 23.6 Å². The van der Waals surface area contributed by atoms with E-state index in [1.807, 2.05) is 0 Å². The van der Waals surface area contributed by atoms with Gasteiger partial charge in [0.25, 0.3) is 0 Å². The monoisotopic (exact) mass is 560 g/mol. The van der Waals surface area contributed by atoms with Gasteiger partial charge < -0.3 is 37.2 Å². The Balaban J connectivity index is 0.00000272. The summed E-state index contributed by atoms with van der Waals surface area (Å²) in [7, 11) is -2.42. The Labute approximate surface area is 240 Å². The Hall–Kier alpha value is -1.06. The van der Waals surface area contributed by atoms with E-state index in [4.69, 9.17) is 0 Å². The maximum atomic E-state index is 3.65. The van der Waals surface area contributed by atoms with Crippen LogP contribution in [0.3, 0.4) is 0 Å². The van der Waals surface area contributed by atoms with Gasteiger partial charge in [-0.2, -0.15) is 6.08 Å². The molecule has 1 aliphatic rings. The summed E-state index contributed by atoms with van der Waals surface area (Å²) in [4.78, 5) is 0. The fraction of sp³-hybridized carbons (Fsp3) is 0.241. The summed E-state index contributed by atoms with van der Waals surface area (Å²) in [6, 6.07) is 27.7. The zero-order chi connectivity index (χ0) is 21.3. The van der Waals surface area contributed by atoms with Gasteiger partial charge in [0, 0.05) is 0 Å². The van der Waals surface area contributed by atoms with Gasteiger partial charge in [-0.15, -0.1) is 0 Å². The van der Waals surface area contributed by atoms with Crippen molar-refractivity contribution in [3.8, 4) is 0 Å². The molecule has 5 heteroatoms. The molecule has 0 amide bonds. The number of benzene rings is 3. The first-order valence-electron chi connectivity index (χ1n) is 11.0. The molecule has 0 radical (unpaired) electrons. The van der Waals surface area contributed by atoms with Crippen molar-refractivity contribution in [1.29, 1.82) is 0 Å². The molecule has 0 heterocycles. The summed E-state index contributed by atoms with van der Waals surface area (Å²) >= 11 is 0. The second-order valence-electron chi connectivity index (χ2n) is 8.96. The number of aryl methyl sites for hydroxylation is 3. The van der Waals surface area contributed by atoms with Gasteiger partial charge in [-0.3, -0.25) is 6.08 Å². The third kappa shape index (κ3) is 6.19. The molecule has 0 unspecified atom stereocenters. The average molecular weight is 562 g/mol. The summed E-state index contributed by atoms with van der Waals surface area (Å²) in [5.74, 6) is 0.463. The van der Waals surface area contributed by atoms with Gasteiger partial charge in [0.1, 0.15) is 0 Å². The molecule has 0 bridgehead atoms. The first kappa shape index (κ1) is 32.9. The summed E-state index contributed by atoms with van der Waals surface area (Å²) in [6.45, 7) is 11.3. The molecule has 0 fully saturated rings. The molecule has 0 N–H and O–H groups in total. The van der Waals surface area contributed by atoms with Crippen LogP contribution in [-0.2, 0) is 21.7 Å². The molecule has 4 rings (SSSR count). The minimum atomic E-state index is -2.42. The minimum absolute atomic E-state index is 0. The van der Waals surface area contributed by atoms with Gasteiger partial charge in [0.2, 0.25) is 0 Å². The molecular weight excluding hydrogens is 531 g/mol. The largest absolute Gasteiger partial charge is 4.00 e. The molecule has 1 aliphatic carbocycles. The average Bonchev–Trinajstić information content (AvgIpc) is 3.19. The van der Waals surface area contributed by atoms with E-state index in [9.17, 15) is 0 Å². The van der Waals surface area contributed by atoms with Crippen molar-refractivity contribution in [1.82, 2.24) is 0 Å². The summed E-state index contributed by atoms with van der Waals surface area (Å²) in [5.41, 5.74) is 5.38. The molecule has 34 heavy (non-hydrogen) atoms. The van der Waals surface area contributed by atoms with E-state index >= 15 is 0 Å². The third-order valence-corrected chi connectivity index (χ3v) is 11.2. The van der Waals surface area contributed by atoms with Crippen LogP contribution < -0.4 is 52.8 Å². The summed E-state index contributed by atoms with van der Waals surface area (Å²) < 4.78 is 0. The van der Waals surface area contributed by atoms with E-state index in [0.29, 0.717) is 5.92 Å². The predicted molar refractivity (Wildman–Crippen MR) is 132 cm³/mol. The quantitative estimate of drug-likeness (QED) is 0.171. The fourth-order valence-corrected chi connectivity index (χ4v) is 10.6. The number of allylic oxidation sites excluding steroid dienone is 4. The van der Waals surface area contributed by atoms with Crippen LogP contribution in [0.1, 0.15) is 37.0 Å². The zero-order valence-corrected chi connectivity index (χ0v) is 25.3.